The predicted octanol–water partition coefficient (Wildman–Crippen LogP) is 3.24. The standard InChI is InChI=1S/C14H17N3S/c1-2-5-13-16-14(18-17-13)15-9-11-8-10-6-3-4-7-12(10)11/h3-4,6-7,11H,2,5,8-9H2,1H3,(H,15,16,17). The Labute approximate surface area is 111 Å². The van der Waals surface area contributed by atoms with Gasteiger partial charge in [0.2, 0.25) is 5.13 Å². The van der Waals surface area contributed by atoms with Gasteiger partial charge in [-0.2, -0.15) is 4.37 Å². The molecule has 1 aromatic carbocycles. The highest BCUT2D eigenvalue weighted by Crippen LogP contribution is 2.34. The Morgan fingerprint density at radius 1 is 1.39 bits per heavy atom. The highest BCUT2D eigenvalue weighted by atomic mass is 32.1. The molecule has 0 spiro atoms. The Bertz CT molecular complexity index is 535. The van der Waals surface area contributed by atoms with Crippen LogP contribution in [0.25, 0.3) is 0 Å². The molecule has 4 heteroatoms. The van der Waals surface area contributed by atoms with Crippen molar-refractivity contribution < 1.29 is 0 Å². The quantitative estimate of drug-likeness (QED) is 0.895. The van der Waals surface area contributed by atoms with Crippen LogP contribution in [-0.4, -0.2) is 15.9 Å². The van der Waals surface area contributed by atoms with Crippen molar-refractivity contribution >= 4 is 16.7 Å². The second-order valence-corrected chi connectivity index (χ2v) is 5.50. The third-order valence-electron chi connectivity index (χ3n) is 3.40. The van der Waals surface area contributed by atoms with Gasteiger partial charge in [-0.1, -0.05) is 31.2 Å². The molecule has 1 heterocycles. The average molecular weight is 259 g/mol. The maximum absolute atomic E-state index is 4.48. The number of nitrogens with zero attached hydrogens (tertiary/aromatic N) is 2. The summed E-state index contributed by atoms with van der Waals surface area (Å²) in [6.07, 6.45) is 3.26. The lowest BCUT2D eigenvalue weighted by Crippen LogP contribution is -2.24. The number of nitrogens with one attached hydrogen (secondary N) is 1. The first-order chi connectivity index (χ1) is 8.86. The molecule has 1 aliphatic carbocycles. The number of aryl methyl sites for hydroxylation is 1. The second kappa shape index (κ2) is 5.06. The molecule has 0 bridgehead atoms. The zero-order valence-corrected chi connectivity index (χ0v) is 11.3. The van der Waals surface area contributed by atoms with Crippen molar-refractivity contribution in [2.75, 3.05) is 11.9 Å². The Hall–Kier alpha value is -1.42. The summed E-state index contributed by atoms with van der Waals surface area (Å²) in [6.45, 7) is 3.12. The normalized spacial score (nSPS) is 17.1. The first-order valence-corrected chi connectivity index (χ1v) is 7.28. The average Bonchev–Trinajstić information content (AvgIpc) is 2.79. The van der Waals surface area contributed by atoms with E-state index in [1.54, 1.807) is 0 Å². The maximum atomic E-state index is 4.48. The molecule has 1 unspecified atom stereocenters. The molecule has 94 valence electrons. The van der Waals surface area contributed by atoms with Crippen LogP contribution < -0.4 is 5.32 Å². The number of hydrogen-bond acceptors (Lipinski definition) is 4. The van der Waals surface area contributed by atoms with E-state index >= 15 is 0 Å². The van der Waals surface area contributed by atoms with Crippen LogP contribution in [0.2, 0.25) is 0 Å². The molecule has 0 fully saturated rings. The molecule has 1 N–H and O–H groups in total. The molecule has 0 aliphatic heterocycles. The van der Waals surface area contributed by atoms with Gasteiger partial charge in [-0.05, 0) is 24.0 Å². The first kappa shape index (κ1) is 11.7. The molecule has 1 atom stereocenters. The van der Waals surface area contributed by atoms with Crippen LogP contribution in [0.1, 0.15) is 36.2 Å². The third kappa shape index (κ3) is 2.25. The fraction of sp³-hybridized carbons (Fsp3) is 0.429. The summed E-state index contributed by atoms with van der Waals surface area (Å²) in [4.78, 5) is 4.48. The Kier molecular flexibility index (Phi) is 3.28. The smallest absolute Gasteiger partial charge is 0.202 e. The van der Waals surface area contributed by atoms with E-state index in [1.165, 1.54) is 29.1 Å². The highest BCUT2D eigenvalue weighted by Gasteiger charge is 2.25. The summed E-state index contributed by atoms with van der Waals surface area (Å²) in [5.74, 6) is 1.61. The minimum atomic E-state index is 0.639. The lowest BCUT2D eigenvalue weighted by molar-refractivity contribution is 0.635. The van der Waals surface area contributed by atoms with Gasteiger partial charge in [0.1, 0.15) is 5.82 Å². The zero-order valence-electron chi connectivity index (χ0n) is 10.5. The number of hydrogen-bond donors (Lipinski definition) is 1. The fourth-order valence-corrected chi connectivity index (χ4v) is 3.02. The van der Waals surface area contributed by atoms with Gasteiger partial charge in [0.25, 0.3) is 0 Å². The monoisotopic (exact) mass is 259 g/mol. The molecule has 3 nitrogen and oxygen atoms in total. The zero-order chi connectivity index (χ0) is 12.4. The van der Waals surface area contributed by atoms with Crippen LogP contribution in [0.5, 0.6) is 0 Å². The van der Waals surface area contributed by atoms with Gasteiger partial charge in [-0.3, -0.25) is 0 Å². The van der Waals surface area contributed by atoms with Gasteiger partial charge in [0.05, 0.1) is 0 Å². The molecule has 1 aromatic heterocycles. The number of benzene rings is 1. The molecule has 0 amide bonds. The van der Waals surface area contributed by atoms with E-state index < -0.39 is 0 Å². The largest absolute Gasteiger partial charge is 0.360 e. The molecule has 1 aliphatic rings. The van der Waals surface area contributed by atoms with Crippen LogP contribution in [0, 0.1) is 0 Å². The molecule has 2 aromatic rings. The van der Waals surface area contributed by atoms with E-state index in [9.17, 15) is 0 Å². The number of anilines is 1. The predicted molar refractivity (Wildman–Crippen MR) is 75.3 cm³/mol. The topological polar surface area (TPSA) is 37.8 Å². The van der Waals surface area contributed by atoms with Crippen molar-refractivity contribution in [1.29, 1.82) is 0 Å². The van der Waals surface area contributed by atoms with Crippen LogP contribution in [0.15, 0.2) is 24.3 Å². The summed E-state index contributed by atoms with van der Waals surface area (Å²) in [6, 6.07) is 8.68. The van der Waals surface area contributed by atoms with E-state index in [0.717, 1.165) is 30.3 Å². The second-order valence-electron chi connectivity index (χ2n) is 4.75. The van der Waals surface area contributed by atoms with Crippen LogP contribution in [0.4, 0.5) is 5.13 Å². The Balaban J connectivity index is 1.56. The first-order valence-electron chi connectivity index (χ1n) is 6.51. The van der Waals surface area contributed by atoms with Crippen molar-refractivity contribution in [3.63, 3.8) is 0 Å². The van der Waals surface area contributed by atoms with Gasteiger partial charge in [-0.15, -0.1) is 0 Å². The lowest BCUT2D eigenvalue weighted by atomic mass is 9.78. The molecule has 0 saturated carbocycles. The van der Waals surface area contributed by atoms with Crippen molar-refractivity contribution in [3.05, 3.63) is 41.2 Å². The Morgan fingerprint density at radius 3 is 3.11 bits per heavy atom. The minimum Gasteiger partial charge on any atom is -0.360 e. The summed E-state index contributed by atoms with van der Waals surface area (Å²) < 4.78 is 4.34. The SMILES string of the molecule is CCCc1nsc(NCC2Cc3ccccc32)n1. The van der Waals surface area contributed by atoms with Crippen LogP contribution in [-0.2, 0) is 12.8 Å². The fourth-order valence-electron chi connectivity index (χ4n) is 2.41. The minimum absolute atomic E-state index is 0.639. The van der Waals surface area contributed by atoms with E-state index in [4.69, 9.17) is 0 Å². The molecular formula is C14H17N3S. The van der Waals surface area contributed by atoms with E-state index in [-0.39, 0.29) is 0 Å². The lowest BCUT2D eigenvalue weighted by Gasteiger charge is -2.29. The molecule has 0 radical (unpaired) electrons. The van der Waals surface area contributed by atoms with E-state index in [2.05, 4.69) is 45.9 Å². The summed E-state index contributed by atoms with van der Waals surface area (Å²) in [5, 5.41) is 4.37. The Morgan fingerprint density at radius 2 is 2.28 bits per heavy atom. The van der Waals surface area contributed by atoms with Crippen molar-refractivity contribution in [1.82, 2.24) is 9.36 Å². The number of rotatable bonds is 5. The van der Waals surface area contributed by atoms with Gasteiger partial charge >= 0.3 is 0 Å². The summed E-state index contributed by atoms with van der Waals surface area (Å²) in [7, 11) is 0. The van der Waals surface area contributed by atoms with Crippen molar-refractivity contribution in [2.24, 2.45) is 0 Å². The van der Waals surface area contributed by atoms with Crippen LogP contribution in [0.3, 0.4) is 0 Å². The van der Waals surface area contributed by atoms with Gasteiger partial charge < -0.3 is 5.32 Å². The van der Waals surface area contributed by atoms with Gasteiger partial charge in [-0.25, -0.2) is 4.98 Å². The summed E-state index contributed by atoms with van der Waals surface area (Å²) >= 11 is 1.48. The van der Waals surface area contributed by atoms with Gasteiger partial charge in [0.15, 0.2) is 0 Å². The molecular weight excluding hydrogens is 242 g/mol. The number of aromatic nitrogens is 2. The van der Waals surface area contributed by atoms with Crippen LogP contribution >= 0.6 is 11.5 Å². The molecule has 3 rings (SSSR count). The highest BCUT2D eigenvalue weighted by molar-refractivity contribution is 7.09. The number of fused-ring (bicyclic) bond motifs is 1. The molecule has 18 heavy (non-hydrogen) atoms. The molecule has 0 saturated heterocycles. The van der Waals surface area contributed by atoms with Gasteiger partial charge in [0, 0.05) is 30.4 Å². The summed E-state index contributed by atoms with van der Waals surface area (Å²) in [5.41, 5.74) is 2.98. The van der Waals surface area contributed by atoms with Crippen molar-refractivity contribution in [3.8, 4) is 0 Å². The van der Waals surface area contributed by atoms with E-state index in [0.29, 0.717) is 5.92 Å². The van der Waals surface area contributed by atoms with Crippen molar-refractivity contribution in [2.45, 2.75) is 32.1 Å². The maximum Gasteiger partial charge on any atom is 0.202 e. The van der Waals surface area contributed by atoms with E-state index in [1.807, 2.05) is 0 Å². The third-order valence-corrected chi connectivity index (χ3v) is 4.11.